The molecule has 0 bridgehead atoms. The van der Waals surface area contributed by atoms with Crippen molar-refractivity contribution in [1.82, 2.24) is 19.8 Å². The number of hydrogen-bond acceptors (Lipinski definition) is 2. The summed E-state index contributed by atoms with van der Waals surface area (Å²) in [4.78, 5) is 11.2. The zero-order valence-corrected chi connectivity index (χ0v) is 15.1. The van der Waals surface area contributed by atoms with Gasteiger partial charge in [-0.25, -0.2) is 4.98 Å². The highest BCUT2D eigenvalue weighted by Crippen LogP contribution is 2.14. The molecular weight excluding hydrogens is 298 g/mol. The Bertz CT molecular complexity index is 686. The van der Waals surface area contributed by atoms with Crippen LogP contribution in [0.25, 0.3) is 11.0 Å². The van der Waals surface area contributed by atoms with E-state index in [1.165, 1.54) is 12.8 Å². The van der Waals surface area contributed by atoms with Gasteiger partial charge in [-0.15, -0.1) is 6.58 Å². The molecule has 5 nitrogen and oxygen atoms in total. The first-order valence-electron chi connectivity index (χ1n) is 8.60. The van der Waals surface area contributed by atoms with Gasteiger partial charge in [-0.05, 0) is 31.4 Å². The molecule has 0 saturated carbocycles. The van der Waals surface area contributed by atoms with E-state index in [4.69, 9.17) is 4.98 Å². The van der Waals surface area contributed by atoms with Crippen LogP contribution in [0.2, 0.25) is 0 Å². The van der Waals surface area contributed by atoms with Gasteiger partial charge in [0, 0.05) is 27.7 Å². The predicted octanol–water partition coefficient (Wildman–Crippen LogP) is 3.33. The molecular formula is C19H29N5. The number of para-hydroxylation sites is 2. The Labute approximate surface area is 145 Å². The maximum absolute atomic E-state index is 4.69. The molecule has 0 saturated heterocycles. The minimum absolute atomic E-state index is 0.665. The van der Waals surface area contributed by atoms with Gasteiger partial charge in [-0.3, -0.25) is 4.99 Å². The molecule has 24 heavy (non-hydrogen) atoms. The van der Waals surface area contributed by atoms with Crippen LogP contribution in [0, 0.1) is 0 Å². The normalized spacial score (nSPS) is 11.7. The van der Waals surface area contributed by atoms with Crippen LogP contribution in [0.1, 0.15) is 31.5 Å². The molecule has 5 heteroatoms. The van der Waals surface area contributed by atoms with E-state index >= 15 is 0 Å². The third-order valence-corrected chi connectivity index (χ3v) is 4.26. The van der Waals surface area contributed by atoms with Crippen LogP contribution in [-0.4, -0.2) is 41.1 Å². The van der Waals surface area contributed by atoms with Crippen molar-refractivity contribution >= 4 is 17.0 Å². The van der Waals surface area contributed by atoms with E-state index in [0.29, 0.717) is 6.54 Å². The fourth-order valence-electron chi connectivity index (χ4n) is 2.82. The lowest BCUT2D eigenvalue weighted by Crippen LogP contribution is -2.39. The maximum atomic E-state index is 4.69. The fraction of sp³-hybridized carbons (Fsp3) is 0.474. The number of hydrogen-bond donors (Lipinski definition) is 1. The lowest BCUT2D eigenvalue weighted by molar-refractivity contribution is 0.454. The minimum atomic E-state index is 0.665. The quantitative estimate of drug-likeness (QED) is 0.350. The molecule has 0 spiro atoms. The molecule has 0 aliphatic rings. The highest BCUT2D eigenvalue weighted by molar-refractivity contribution is 5.80. The number of guanidine groups is 1. The highest BCUT2D eigenvalue weighted by Gasteiger charge is 2.09. The van der Waals surface area contributed by atoms with Crippen molar-refractivity contribution < 1.29 is 0 Å². The molecule has 0 aliphatic heterocycles. The number of imidazole rings is 1. The summed E-state index contributed by atoms with van der Waals surface area (Å²) in [5.74, 6) is 1.92. The molecule has 1 aromatic carbocycles. The number of aryl methyl sites for hydroxylation is 1. The first-order chi connectivity index (χ1) is 11.7. The van der Waals surface area contributed by atoms with Crippen molar-refractivity contribution in [2.75, 3.05) is 20.6 Å². The summed E-state index contributed by atoms with van der Waals surface area (Å²) in [7, 11) is 5.96. The Morgan fingerprint density at radius 2 is 2.12 bits per heavy atom. The molecule has 130 valence electrons. The van der Waals surface area contributed by atoms with Gasteiger partial charge in [-0.2, -0.15) is 0 Å². The van der Waals surface area contributed by atoms with Gasteiger partial charge in [0.2, 0.25) is 0 Å². The average Bonchev–Trinajstić information content (AvgIpc) is 2.92. The number of unbranched alkanes of at least 4 members (excludes halogenated alkanes) is 3. The number of benzene rings is 1. The van der Waals surface area contributed by atoms with Crippen LogP contribution in [0.3, 0.4) is 0 Å². The second-order valence-corrected chi connectivity index (χ2v) is 6.04. The standard InChI is InChI=1S/C19H29N5/c1-5-6-7-8-11-14-23(3)19(20-2)21-15-18-22-16-12-9-10-13-17(16)24(18)4/h5,9-10,12-13H,1,6-8,11,14-15H2,2-4H3,(H,20,21). The minimum Gasteiger partial charge on any atom is -0.349 e. The number of aromatic nitrogens is 2. The molecule has 2 rings (SSSR count). The zero-order valence-electron chi connectivity index (χ0n) is 15.1. The van der Waals surface area contributed by atoms with Crippen LogP contribution in [0.5, 0.6) is 0 Å². The molecule has 0 radical (unpaired) electrons. The number of fused-ring (bicyclic) bond motifs is 1. The first-order valence-corrected chi connectivity index (χ1v) is 8.60. The predicted molar refractivity (Wildman–Crippen MR) is 102 cm³/mol. The van der Waals surface area contributed by atoms with Crippen molar-refractivity contribution in [3.8, 4) is 0 Å². The van der Waals surface area contributed by atoms with E-state index in [-0.39, 0.29) is 0 Å². The van der Waals surface area contributed by atoms with Crippen LogP contribution in [0.15, 0.2) is 41.9 Å². The second-order valence-electron chi connectivity index (χ2n) is 6.04. The van der Waals surface area contributed by atoms with Crippen molar-refractivity contribution in [3.63, 3.8) is 0 Å². The van der Waals surface area contributed by atoms with Crippen LogP contribution >= 0.6 is 0 Å². The van der Waals surface area contributed by atoms with E-state index in [2.05, 4.69) is 46.5 Å². The van der Waals surface area contributed by atoms with Crippen LogP contribution in [-0.2, 0) is 13.6 Å². The summed E-state index contributed by atoms with van der Waals surface area (Å²) in [5, 5.41) is 3.42. The maximum Gasteiger partial charge on any atom is 0.193 e. The molecule has 0 atom stereocenters. The summed E-state index contributed by atoms with van der Waals surface area (Å²) in [6, 6.07) is 8.20. The van der Waals surface area contributed by atoms with Crippen LogP contribution in [0.4, 0.5) is 0 Å². The first kappa shape index (κ1) is 18.0. The Morgan fingerprint density at radius 1 is 1.33 bits per heavy atom. The summed E-state index contributed by atoms with van der Waals surface area (Å²) in [6.45, 7) is 5.43. The van der Waals surface area contributed by atoms with Crippen molar-refractivity contribution in [3.05, 3.63) is 42.7 Å². The van der Waals surface area contributed by atoms with E-state index < -0.39 is 0 Å². The number of rotatable bonds is 8. The Kier molecular flexibility index (Phi) is 6.85. The van der Waals surface area contributed by atoms with Crippen LogP contribution < -0.4 is 5.32 Å². The summed E-state index contributed by atoms with van der Waals surface area (Å²) >= 11 is 0. The number of nitrogens with zero attached hydrogens (tertiary/aromatic N) is 4. The Balaban J connectivity index is 1.88. The van der Waals surface area contributed by atoms with Gasteiger partial charge in [0.15, 0.2) is 5.96 Å². The van der Waals surface area contributed by atoms with Gasteiger partial charge in [0.25, 0.3) is 0 Å². The zero-order chi connectivity index (χ0) is 17.4. The van der Waals surface area contributed by atoms with E-state index in [1.54, 1.807) is 0 Å². The van der Waals surface area contributed by atoms with Gasteiger partial charge in [0.05, 0.1) is 17.6 Å². The SMILES string of the molecule is C=CCCCCCN(C)C(=NC)NCc1nc2ccccc2n1C. The lowest BCUT2D eigenvalue weighted by atomic mass is 10.2. The lowest BCUT2D eigenvalue weighted by Gasteiger charge is -2.22. The second kappa shape index (κ2) is 9.11. The number of aliphatic imine (C=N–C) groups is 1. The topological polar surface area (TPSA) is 45.4 Å². The Morgan fingerprint density at radius 3 is 2.83 bits per heavy atom. The van der Waals surface area contributed by atoms with Gasteiger partial charge >= 0.3 is 0 Å². The van der Waals surface area contributed by atoms with Crippen molar-refractivity contribution in [2.45, 2.75) is 32.2 Å². The molecule has 0 amide bonds. The van der Waals surface area contributed by atoms with Gasteiger partial charge in [-0.1, -0.05) is 24.6 Å². The van der Waals surface area contributed by atoms with E-state index in [1.807, 2.05) is 31.3 Å². The molecule has 1 aromatic heterocycles. The molecule has 0 aliphatic carbocycles. The molecule has 1 N–H and O–H groups in total. The third kappa shape index (κ3) is 4.60. The monoisotopic (exact) mass is 327 g/mol. The summed E-state index contributed by atoms with van der Waals surface area (Å²) < 4.78 is 2.13. The molecule has 1 heterocycles. The number of allylic oxidation sites excluding steroid dienone is 1. The summed E-state index contributed by atoms with van der Waals surface area (Å²) in [6.07, 6.45) is 6.68. The van der Waals surface area contributed by atoms with Crippen molar-refractivity contribution in [2.24, 2.45) is 12.0 Å². The molecule has 2 aromatic rings. The van der Waals surface area contributed by atoms with E-state index in [9.17, 15) is 0 Å². The molecule has 0 unspecified atom stereocenters. The third-order valence-electron chi connectivity index (χ3n) is 4.26. The largest absolute Gasteiger partial charge is 0.349 e. The smallest absolute Gasteiger partial charge is 0.193 e. The van der Waals surface area contributed by atoms with Crippen molar-refractivity contribution in [1.29, 1.82) is 0 Å². The fourth-order valence-corrected chi connectivity index (χ4v) is 2.82. The highest BCUT2D eigenvalue weighted by atomic mass is 15.3. The Hall–Kier alpha value is -2.30. The average molecular weight is 327 g/mol. The van der Waals surface area contributed by atoms with E-state index in [0.717, 1.165) is 42.2 Å². The number of nitrogens with one attached hydrogen (secondary N) is 1. The van der Waals surface area contributed by atoms with Gasteiger partial charge in [0.1, 0.15) is 5.82 Å². The summed E-state index contributed by atoms with van der Waals surface area (Å²) in [5.41, 5.74) is 2.18. The molecule has 0 fully saturated rings. The van der Waals surface area contributed by atoms with Gasteiger partial charge < -0.3 is 14.8 Å².